The molecule has 1 amide bonds. The molecular formula is C19H19ClN2OS. The largest absolute Gasteiger partial charge is 0.319 e. The van der Waals surface area contributed by atoms with Gasteiger partial charge in [0.05, 0.1) is 16.6 Å². The summed E-state index contributed by atoms with van der Waals surface area (Å²) in [4.78, 5) is 17.5. The van der Waals surface area contributed by atoms with Crippen molar-refractivity contribution in [2.75, 3.05) is 0 Å². The van der Waals surface area contributed by atoms with E-state index < -0.39 is 0 Å². The van der Waals surface area contributed by atoms with Crippen LogP contribution in [0.3, 0.4) is 0 Å². The molecule has 0 aliphatic carbocycles. The normalized spacial score (nSPS) is 12.1. The van der Waals surface area contributed by atoms with Crippen LogP contribution in [0, 0.1) is 20.8 Å². The van der Waals surface area contributed by atoms with Gasteiger partial charge in [-0.05, 0) is 49.6 Å². The van der Waals surface area contributed by atoms with Crippen molar-refractivity contribution < 1.29 is 4.79 Å². The van der Waals surface area contributed by atoms with Crippen molar-refractivity contribution in [2.24, 2.45) is 12.0 Å². The lowest BCUT2D eigenvalue weighted by atomic mass is 10.0. The van der Waals surface area contributed by atoms with E-state index in [0.29, 0.717) is 11.2 Å². The van der Waals surface area contributed by atoms with Crippen LogP contribution in [0.2, 0.25) is 5.02 Å². The lowest BCUT2D eigenvalue weighted by Gasteiger charge is -2.04. The fraction of sp³-hybridized carbons (Fsp3) is 0.263. The molecule has 0 fully saturated rings. The van der Waals surface area contributed by atoms with E-state index in [0.717, 1.165) is 37.5 Å². The number of carbonyl (C=O) groups excluding carboxylic acids is 1. The number of benzene rings is 2. The zero-order valence-electron chi connectivity index (χ0n) is 14.2. The Hall–Kier alpha value is -1.91. The van der Waals surface area contributed by atoms with Gasteiger partial charge in [-0.3, -0.25) is 4.79 Å². The summed E-state index contributed by atoms with van der Waals surface area (Å²) < 4.78 is 3.03. The second-order valence-corrected chi connectivity index (χ2v) is 7.49. The van der Waals surface area contributed by atoms with Crippen molar-refractivity contribution in [3.8, 4) is 0 Å². The minimum Gasteiger partial charge on any atom is -0.319 e. The summed E-state index contributed by atoms with van der Waals surface area (Å²) in [5, 5.41) is 0.726. The summed E-state index contributed by atoms with van der Waals surface area (Å²) in [6.45, 7) is 6.04. The summed E-state index contributed by atoms with van der Waals surface area (Å²) in [6, 6.07) is 10.0. The van der Waals surface area contributed by atoms with E-state index >= 15 is 0 Å². The molecule has 24 heavy (non-hydrogen) atoms. The lowest BCUT2D eigenvalue weighted by molar-refractivity contribution is -0.117. The molecule has 0 saturated carbocycles. The SMILES string of the molecule is Cc1ccc(C)c(CC(=O)N=c2sc3ccc(Cl)c(C)c3n2C)c1. The number of aryl methyl sites for hydroxylation is 4. The summed E-state index contributed by atoms with van der Waals surface area (Å²) in [6.07, 6.45) is 0.321. The highest BCUT2D eigenvalue weighted by Crippen LogP contribution is 2.26. The van der Waals surface area contributed by atoms with E-state index in [9.17, 15) is 4.79 Å². The van der Waals surface area contributed by atoms with Crippen LogP contribution < -0.4 is 4.80 Å². The fourth-order valence-electron chi connectivity index (χ4n) is 2.81. The lowest BCUT2D eigenvalue weighted by Crippen LogP contribution is -2.14. The van der Waals surface area contributed by atoms with Crippen molar-refractivity contribution in [3.05, 3.63) is 62.4 Å². The number of rotatable bonds is 2. The average Bonchev–Trinajstić information content (AvgIpc) is 2.84. The van der Waals surface area contributed by atoms with Gasteiger partial charge in [-0.1, -0.05) is 46.7 Å². The molecule has 0 bridgehead atoms. The third-order valence-electron chi connectivity index (χ3n) is 4.22. The summed E-state index contributed by atoms with van der Waals surface area (Å²) >= 11 is 7.72. The number of hydrogen-bond donors (Lipinski definition) is 0. The van der Waals surface area contributed by atoms with Crippen molar-refractivity contribution >= 4 is 39.1 Å². The van der Waals surface area contributed by atoms with Crippen molar-refractivity contribution in [3.63, 3.8) is 0 Å². The molecule has 1 heterocycles. The minimum atomic E-state index is -0.130. The number of halogens is 1. The van der Waals surface area contributed by atoms with Gasteiger partial charge in [0.1, 0.15) is 0 Å². The smallest absolute Gasteiger partial charge is 0.252 e. The van der Waals surface area contributed by atoms with Gasteiger partial charge in [-0.2, -0.15) is 4.99 Å². The first-order chi connectivity index (χ1) is 11.4. The van der Waals surface area contributed by atoms with E-state index in [1.54, 1.807) is 0 Å². The summed E-state index contributed by atoms with van der Waals surface area (Å²) in [7, 11) is 1.92. The molecule has 0 spiro atoms. The second kappa shape index (κ2) is 6.54. The predicted molar refractivity (Wildman–Crippen MR) is 101 cm³/mol. The van der Waals surface area contributed by atoms with Gasteiger partial charge in [0.2, 0.25) is 0 Å². The first kappa shape index (κ1) is 16.9. The Bertz CT molecular complexity index is 1010. The number of thiazole rings is 1. The standard InChI is InChI=1S/C19H19ClN2OS/c1-11-5-6-12(2)14(9-11)10-17(23)21-19-22(4)18-13(3)15(20)7-8-16(18)24-19/h5-9H,10H2,1-4H3. The Balaban J connectivity index is 2.01. The van der Waals surface area contributed by atoms with Crippen LogP contribution in [0.1, 0.15) is 22.3 Å². The van der Waals surface area contributed by atoms with Crippen LogP contribution in [0.15, 0.2) is 35.3 Å². The topological polar surface area (TPSA) is 34.4 Å². The molecule has 1 aromatic heterocycles. The first-order valence-electron chi connectivity index (χ1n) is 7.75. The molecule has 2 aromatic carbocycles. The third kappa shape index (κ3) is 3.17. The maximum absolute atomic E-state index is 12.4. The number of amides is 1. The molecule has 0 aliphatic heterocycles. The average molecular weight is 359 g/mol. The number of hydrogen-bond acceptors (Lipinski definition) is 2. The molecule has 3 rings (SSSR count). The zero-order chi connectivity index (χ0) is 17.4. The molecule has 124 valence electrons. The quantitative estimate of drug-likeness (QED) is 0.664. The first-order valence-corrected chi connectivity index (χ1v) is 8.94. The van der Waals surface area contributed by atoms with Gasteiger partial charge in [-0.15, -0.1) is 0 Å². The van der Waals surface area contributed by atoms with Crippen LogP contribution in [-0.4, -0.2) is 10.5 Å². The fourth-order valence-corrected chi connectivity index (χ4v) is 4.06. The van der Waals surface area contributed by atoms with E-state index in [4.69, 9.17) is 11.6 Å². The zero-order valence-corrected chi connectivity index (χ0v) is 15.8. The highest BCUT2D eigenvalue weighted by atomic mass is 35.5. The molecule has 3 nitrogen and oxygen atoms in total. The maximum Gasteiger partial charge on any atom is 0.252 e. The number of fused-ring (bicyclic) bond motifs is 1. The maximum atomic E-state index is 12.4. The number of nitrogens with zero attached hydrogens (tertiary/aromatic N) is 2. The van der Waals surface area contributed by atoms with Gasteiger partial charge in [0.25, 0.3) is 5.91 Å². The monoisotopic (exact) mass is 358 g/mol. The minimum absolute atomic E-state index is 0.130. The van der Waals surface area contributed by atoms with Gasteiger partial charge >= 0.3 is 0 Å². The van der Waals surface area contributed by atoms with Crippen LogP contribution in [0.5, 0.6) is 0 Å². The Morgan fingerprint density at radius 3 is 2.71 bits per heavy atom. The Morgan fingerprint density at radius 1 is 1.21 bits per heavy atom. The van der Waals surface area contributed by atoms with E-state index in [-0.39, 0.29) is 5.91 Å². The highest BCUT2D eigenvalue weighted by Gasteiger charge is 2.10. The Morgan fingerprint density at radius 2 is 1.96 bits per heavy atom. The molecule has 0 saturated heterocycles. The van der Waals surface area contributed by atoms with Crippen LogP contribution in [0.4, 0.5) is 0 Å². The van der Waals surface area contributed by atoms with Gasteiger partial charge < -0.3 is 4.57 Å². The number of aromatic nitrogens is 1. The molecule has 0 unspecified atom stereocenters. The molecular weight excluding hydrogens is 340 g/mol. The van der Waals surface area contributed by atoms with E-state index in [1.807, 2.05) is 50.6 Å². The van der Waals surface area contributed by atoms with Crippen LogP contribution >= 0.6 is 22.9 Å². The molecule has 0 radical (unpaired) electrons. The van der Waals surface area contributed by atoms with E-state index in [2.05, 4.69) is 17.1 Å². The van der Waals surface area contributed by atoms with E-state index in [1.165, 1.54) is 11.3 Å². The Labute approximate surface area is 150 Å². The van der Waals surface area contributed by atoms with Crippen molar-refractivity contribution in [1.29, 1.82) is 0 Å². The molecule has 3 aromatic rings. The molecule has 0 atom stereocenters. The van der Waals surface area contributed by atoms with Crippen LogP contribution in [-0.2, 0) is 18.3 Å². The molecule has 5 heteroatoms. The Kier molecular flexibility index (Phi) is 4.61. The summed E-state index contributed by atoms with van der Waals surface area (Å²) in [5.74, 6) is -0.130. The van der Waals surface area contributed by atoms with Gasteiger partial charge in [0, 0.05) is 12.1 Å². The van der Waals surface area contributed by atoms with Gasteiger partial charge in [-0.25, -0.2) is 0 Å². The molecule has 0 aliphatic rings. The van der Waals surface area contributed by atoms with Crippen molar-refractivity contribution in [2.45, 2.75) is 27.2 Å². The third-order valence-corrected chi connectivity index (χ3v) is 5.72. The predicted octanol–water partition coefficient (Wildman–Crippen LogP) is 4.49. The number of carbonyl (C=O) groups is 1. The van der Waals surface area contributed by atoms with Crippen LogP contribution in [0.25, 0.3) is 10.2 Å². The van der Waals surface area contributed by atoms with Gasteiger partial charge in [0.15, 0.2) is 4.80 Å². The second-order valence-electron chi connectivity index (χ2n) is 6.08. The van der Waals surface area contributed by atoms with Crippen molar-refractivity contribution in [1.82, 2.24) is 4.57 Å². The highest BCUT2D eigenvalue weighted by molar-refractivity contribution is 7.16. The molecule has 0 N–H and O–H groups in total. The summed E-state index contributed by atoms with van der Waals surface area (Å²) in [5.41, 5.74) is 5.35.